The van der Waals surface area contributed by atoms with Crippen LogP contribution in [-0.4, -0.2) is 35.4 Å². The number of carbonyl (C=O) groups excluding carboxylic acids is 1. The molecule has 0 aliphatic rings. The molecular weight excluding hydrogens is 251 g/mol. The summed E-state index contributed by atoms with van der Waals surface area (Å²) < 4.78 is 17.6. The molecule has 0 saturated carbocycles. The normalized spacial score (nSPS) is 14.3. The molecule has 0 bridgehead atoms. The van der Waals surface area contributed by atoms with Crippen LogP contribution in [0.2, 0.25) is 0 Å². The highest BCUT2D eigenvalue weighted by atomic mass is 19.1. The van der Waals surface area contributed by atoms with Crippen molar-refractivity contribution >= 4 is 16.9 Å². The third kappa shape index (κ3) is 2.39. The number of aromatic amines is 1. The number of phenolic OH excluding ortho intramolecular Hbond substituents is 1. The fourth-order valence-electron chi connectivity index (χ4n) is 2.03. The monoisotopic (exact) mass is 266 g/mol. The first kappa shape index (κ1) is 13.4. The lowest BCUT2D eigenvalue weighted by Crippen LogP contribution is -2.52. The van der Waals surface area contributed by atoms with Crippen LogP contribution in [0.3, 0.4) is 0 Å². The highest BCUT2D eigenvalue weighted by molar-refractivity contribution is 5.87. The van der Waals surface area contributed by atoms with Crippen LogP contribution >= 0.6 is 0 Å². The number of hydrogen-bond donors (Lipinski definition) is 3. The number of esters is 1. The van der Waals surface area contributed by atoms with Crippen LogP contribution in [0.4, 0.5) is 4.39 Å². The lowest BCUT2D eigenvalue weighted by atomic mass is 9.93. The van der Waals surface area contributed by atoms with Gasteiger partial charge in [-0.15, -0.1) is 0 Å². The van der Waals surface area contributed by atoms with E-state index in [-0.39, 0.29) is 12.2 Å². The summed E-state index contributed by atoms with van der Waals surface area (Å²) in [6.45, 7) is -1.02. The number of aromatic nitrogens is 1. The van der Waals surface area contributed by atoms with Gasteiger partial charge in [0.15, 0.2) is 0 Å². The van der Waals surface area contributed by atoms with E-state index in [1.165, 1.54) is 19.2 Å². The number of ether oxygens (including phenoxy) is 1. The van der Waals surface area contributed by atoms with Crippen molar-refractivity contribution in [2.24, 2.45) is 5.73 Å². The van der Waals surface area contributed by atoms with Crippen molar-refractivity contribution in [2.45, 2.75) is 12.0 Å². The van der Waals surface area contributed by atoms with E-state index >= 15 is 0 Å². The van der Waals surface area contributed by atoms with Crippen molar-refractivity contribution in [3.8, 4) is 5.75 Å². The van der Waals surface area contributed by atoms with Gasteiger partial charge in [-0.1, -0.05) is 0 Å². The topological polar surface area (TPSA) is 88.3 Å². The van der Waals surface area contributed by atoms with Crippen molar-refractivity contribution in [1.29, 1.82) is 0 Å². The SMILES string of the molecule is COC(=O)[C@](N)(CF)Cc1c[nH]c2ccc(O)cc12. The number of rotatable bonds is 4. The summed E-state index contributed by atoms with van der Waals surface area (Å²) >= 11 is 0. The molecule has 0 spiro atoms. The predicted octanol–water partition coefficient (Wildman–Crippen LogP) is 1.26. The summed E-state index contributed by atoms with van der Waals surface area (Å²) in [7, 11) is 1.17. The van der Waals surface area contributed by atoms with Gasteiger partial charge in [-0.2, -0.15) is 0 Å². The average Bonchev–Trinajstić information content (AvgIpc) is 2.80. The highest BCUT2D eigenvalue weighted by Gasteiger charge is 2.36. The quantitative estimate of drug-likeness (QED) is 0.727. The largest absolute Gasteiger partial charge is 0.508 e. The van der Waals surface area contributed by atoms with E-state index in [1.54, 1.807) is 12.3 Å². The van der Waals surface area contributed by atoms with Gasteiger partial charge in [0.05, 0.1) is 7.11 Å². The van der Waals surface area contributed by atoms with Crippen molar-refractivity contribution in [3.63, 3.8) is 0 Å². The molecule has 2 aromatic rings. The zero-order chi connectivity index (χ0) is 14.0. The van der Waals surface area contributed by atoms with E-state index in [2.05, 4.69) is 9.72 Å². The number of alkyl halides is 1. The second-order valence-corrected chi connectivity index (χ2v) is 4.50. The molecule has 0 aliphatic heterocycles. The number of fused-ring (bicyclic) bond motifs is 1. The van der Waals surface area contributed by atoms with E-state index in [0.29, 0.717) is 10.9 Å². The summed E-state index contributed by atoms with van der Waals surface area (Å²) in [5.74, 6) is -0.709. The molecule has 0 aliphatic carbocycles. The lowest BCUT2D eigenvalue weighted by Gasteiger charge is -2.22. The van der Waals surface area contributed by atoms with E-state index in [1.807, 2.05) is 0 Å². The third-order valence-corrected chi connectivity index (χ3v) is 3.09. The van der Waals surface area contributed by atoms with Gasteiger partial charge in [0.25, 0.3) is 0 Å². The molecule has 4 N–H and O–H groups in total. The van der Waals surface area contributed by atoms with Gasteiger partial charge in [-0.25, -0.2) is 9.18 Å². The number of hydrogen-bond acceptors (Lipinski definition) is 4. The van der Waals surface area contributed by atoms with E-state index in [9.17, 15) is 14.3 Å². The van der Waals surface area contributed by atoms with Crippen LogP contribution < -0.4 is 5.73 Å². The van der Waals surface area contributed by atoms with Gasteiger partial charge >= 0.3 is 5.97 Å². The van der Waals surface area contributed by atoms with E-state index < -0.39 is 18.2 Å². The minimum absolute atomic E-state index is 0.0143. The predicted molar refractivity (Wildman–Crippen MR) is 68.6 cm³/mol. The number of halogens is 1. The number of phenols is 1. The molecule has 0 saturated heterocycles. The number of aromatic hydroxyl groups is 1. The molecule has 0 unspecified atom stereocenters. The molecule has 0 fully saturated rings. The molecule has 2 rings (SSSR count). The lowest BCUT2D eigenvalue weighted by molar-refractivity contribution is -0.147. The number of nitrogens with two attached hydrogens (primary N) is 1. The molecule has 1 aromatic heterocycles. The Balaban J connectivity index is 2.40. The molecular formula is C13H15FN2O3. The Bertz CT molecular complexity index is 611. The maximum Gasteiger partial charge on any atom is 0.328 e. The van der Waals surface area contributed by atoms with Crippen molar-refractivity contribution in [1.82, 2.24) is 4.98 Å². The summed E-state index contributed by atoms with van der Waals surface area (Å²) in [6.07, 6.45) is 1.63. The molecule has 0 amide bonds. The second kappa shape index (κ2) is 4.89. The smallest absolute Gasteiger partial charge is 0.328 e. The molecule has 0 radical (unpaired) electrons. The standard InChI is InChI=1S/C13H15FN2O3/c1-19-12(18)13(15,7-14)5-8-6-16-11-3-2-9(17)4-10(8)11/h2-4,6,16-17H,5,7,15H2,1H3/t13-/m1/s1. The van der Waals surface area contributed by atoms with E-state index in [4.69, 9.17) is 5.73 Å². The molecule has 1 aromatic carbocycles. The van der Waals surface area contributed by atoms with Crippen molar-refractivity contribution < 1.29 is 19.0 Å². The number of nitrogens with one attached hydrogen (secondary N) is 1. The maximum atomic E-state index is 13.1. The Morgan fingerprint density at radius 1 is 1.58 bits per heavy atom. The minimum Gasteiger partial charge on any atom is -0.508 e. The second-order valence-electron chi connectivity index (χ2n) is 4.50. The fourth-order valence-corrected chi connectivity index (χ4v) is 2.03. The molecule has 5 nitrogen and oxygen atoms in total. The van der Waals surface area contributed by atoms with Gasteiger partial charge in [0.1, 0.15) is 18.0 Å². The number of methoxy groups -OCH3 is 1. The molecule has 6 heteroatoms. The Morgan fingerprint density at radius 3 is 2.95 bits per heavy atom. The Hall–Kier alpha value is -2.08. The Morgan fingerprint density at radius 2 is 2.32 bits per heavy atom. The molecule has 19 heavy (non-hydrogen) atoms. The molecule has 1 heterocycles. The first-order chi connectivity index (χ1) is 9.00. The van der Waals surface area contributed by atoms with Gasteiger partial charge < -0.3 is 20.6 Å². The van der Waals surface area contributed by atoms with Crippen molar-refractivity contribution in [3.05, 3.63) is 30.0 Å². The first-order valence-corrected chi connectivity index (χ1v) is 5.72. The zero-order valence-electron chi connectivity index (χ0n) is 10.4. The number of H-pyrrole nitrogens is 1. The Labute approximate surface area is 109 Å². The van der Waals surface area contributed by atoms with Crippen LogP contribution in [0.1, 0.15) is 5.56 Å². The van der Waals surface area contributed by atoms with Gasteiger partial charge in [0.2, 0.25) is 0 Å². The van der Waals surface area contributed by atoms with Gasteiger partial charge in [-0.3, -0.25) is 0 Å². The van der Waals surface area contributed by atoms with Crippen LogP contribution in [0.25, 0.3) is 10.9 Å². The summed E-state index contributed by atoms with van der Waals surface area (Å²) in [6, 6.07) is 4.77. The highest BCUT2D eigenvalue weighted by Crippen LogP contribution is 2.26. The summed E-state index contributed by atoms with van der Waals surface area (Å²) in [4.78, 5) is 14.5. The fraction of sp³-hybridized carbons (Fsp3) is 0.308. The Kier molecular flexibility index (Phi) is 3.44. The van der Waals surface area contributed by atoms with Crippen LogP contribution in [0.5, 0.6) is 5.75 Å². The number of benzene rings is 1. The van der Waals surface area contributed by atoms with Crippen molar-refractivity contribution in [2.75, 3.05) is 13.8 Å². The van der Waals surface area contributed by atoms with E-state index in [0.717, 1.165) is 5.52 Å². The summed E-state index contributed by atoms with van der Waals surface area (Å²) in [5.41, 5.74) is 5.46. The minimum atomic E-state index is -1.71. The average molecular weight is 266 g/mol. The van der Waals surface area contributed by atoms with Crippen LogP contribution in [0.15, 0.2) is 24.4 Å². The van der Waals surface area contributed by atoms with Crippen LogP contribution in [0, 0.1) is 0 Å². The van der Waals surface area contributed by atoms with Gasteiger partial charge in [0, 0.05) is 23.5 Å². The number of carbonyl (C=O) groups is 1. The first-order valence-electron chi connectivity index (χ1n) is 5.72. The van der Waals surface area contributed by atoms with Gasteiger partial charge in [-0.05, 0) is 23.8 Å². The maximum absolute atomic E-state index is 13.1. The zero-order valence-corrected chi connectivity index (χ0v) is 10.4. The van der Waals surface area contributed by atoms with Crippen LogP contribution in [-0.2, 0) is 16.0 Å². The molecule has 1 atom stereocenters. The molecule has 102 valence electrons. The summed E-state index contributed by atoms with van der Waals surface area (Å²) in [5, 5.41) is 10.2. The third-order valence-electron chi connectivity index (χ3n) is 3.09.